The van der Waals surface area contributed by atoms with Gasteiger partial charge in [0.1, 0.15) is 16.9 Å². The Hall–Kier alpha value is -5.61. The molecule has 0 bridgehead atoms. The molecule has 16 heteroatoms. The molecule has 4 heterocycles. The van der Waals surface area contributed by atoms with Crippen LogP contribution in [0.25, 0.3) is 0 Å². The van der Waals surface area contributed by atoms with E-state index in [9.17, 15) is 38.7 Å². The lowest BCUT2D eigenvalue weighted by Gasteiger charge is -2.45. The summed E-state index contributed by atoms with van der Waals surface area (Å²) >= 11 is 0. The highest BCUT2D eigenvalue weighted by Crippen LogP contribution is 2.44. The molecule has 4 saturated heterocycles. The van der Waals surface area contributed by atoms with Gasteiger partial charge < -0.3 is 33.5 Å². The molecule has 54 heavy (non-hydrogen) atoms. The topological polar surface area (TPSA) is 214 Å². The number of ether oxygens (including phenoxy) is 8. The largest absolute Gasteiger partial charge is 0.514 e. The molecule has 0 aromatic heterocycles. The van der Waals surface area contributed by atoms with E-state index in [1.54, 1.807) is 0 Å². The van der Waals surface area contributed by atoms with Crippen LogP contribution in [-0.4, -0.2) is 77.7 Å². The maximum absolute atomic E-state index is 13.1. The lowest BCUT2D eigenvalue weighted by molar-refractivity contribution is -0.501. The highest BCUT2D eigenvalue weighted by Gasteiger charge is 2.58. The highest BCUT2D eigenvalue weighted by atomic mass is 17.0. The van der Waals surface area contributed by atoms with Crippen LogP contribution in [0.5, 0.6) is 0 Å². The normalized spacial score (nSPS) is 32.1. The van der Waals surface area contributed by atoms with E-state index >= 15 is 0 Å². The second-order valence-electron chi connectivity index (χ2n) is 13.5. The fourth-order valence-corrected chi connectivity index (χ4v) is 6.19. The van der Waals surface area contributed by atoms with Crippen LogP contribution in [0.2, 0.25) is 0 Å². The molecule has 5 aliphatic rings. The maximum Gasteiger partial charge on any atom is 0.514 e. The third-order valence-electron chi connectivity index (χ3n) is 8.82. The third-order valence-corrected chi connectivity index (χ3v) is 8.82. The zero-order valence-electron chi connectivity index (χ0n) is 30.1. The number of carbonyl (C=O) groups excluding carboxylic acids is 7. The van der Waals surface area contributed by atoms with E-state index < -0.39 is 70.7 Å². The van der Waals surface area contributed by atoms with E-state index in [0.717, 1.165) is 6.08 Å². The van der Waals surface area contributed by atoms with Gasteiger partial charge in [0.15, 0.2) is 11.7 Å². The van der Waals surface area contributed by atoms with Crippen molar-refractivity contribution in [3.8, 4) is 0 Å². The Morgan fingerprint density at radius 3 is 1.54 bits per heavy atom. The molecule has 16 nitrogen and oxygen atoms in total. The number of hydrogen-bond acceptors (Lipinski definition) is 16. The van der Waals surface area contributed by atoms with Gasteiger partial charge >= 0.3 is 42.0 Å². The molecule has 0 amide bonds. The smallest absolute Gasteiger partial charge is 0.512 e. The molecule has 0 radical (unpaired) electrons. The van der Waals surface area contributed by atoms with Gasteiger partial charge in [-0.3, -0.25) is 23.9 Å². The average Bonchev–Trinajstić information content (AvgIpc) is 3.06. The van der Waals surface area contributed by atoms with E-state index in [0.29, 0.717) is 25.7 Å². The first kappa shape index (κ1) is 39.6. The molecule has 288 valence electrons. The molecule has 0 saturated carbocycles. The summed E-state index contributed by atoms with van der Waals surface area (Å²) in [4.78, 5) is 87.7. The quantitative estimate of drug-likeness (QED) is 0.0838. The number of ketones is 1. The predicted molar refractivity (Wildman–Crippen MR) is 180 cm³/mol. The van der Waals surface area contributed by atoms with E-state index in [1.807, 2.05) is 13.8 Å². The molecule has 4 aliphatic heterocycles. The Morgan fingerprint density at radius 1 is 0.630 bits per heavy atom. The Balaban J connectivity index is 1.13. The molecule has 0 aromatic carbocycles. The highest BCUT2D eigenvalue weighted by molar-refractivity contribution is 6.16. The van der Waals surface area contributed by atoms with Crippen LogP contribution >= 0.6 is 0 Å². The van der Waals surface area contributed by atoms with E-state index in [4.69, 9.17) is 37.9 Å². The number of esters is 6. The summed E-state index contributed by atoms with van der Waals surface area (Å²) in [5, 5.41) is 10.8. The first-order chi connectivity index (χ1) is 25.5. The number of Topliss-reactive ketones (excluding diaryl/α,β-unsaturated/α-hetero) is 1. The van der Waals surface area contributed by atoms with Gasteiger partial charge in [0, 0.05) is 44.9 Å². The number of aliphatic hydroxyl groups excluding tert-OH is 1. The Labute approximate surface area is 309 Å². The number of carbonyl (C=O) groups is 7. The Kier molecular flexibility index (Phi) is 11.6. The van der Waals surface area contributed by atoms with Gasteiger partial charge in [-0.15, -0.1) is 0 Å². The zero-order chi connectivity index (χ0) is 39.3. The fraction of sp³-hybridized carbons (Fsp3) is 0.447. The van der Waals surface area contributed by atoms with Crippen molar-refractivity contribution in [3.05, 3.63) is 83.2 Å². The van der Waals surface area contributed by atoms with Gasteiger partial charge in [0.05, 0.1) is 18.8 Å². The summed E-state index contributed by atoms with van der Waals surface area (Å²) in [6.07, 6.45) is 12.4. The van der Waals surface area contributed by atoms with Crippen molar-refractivity contribution in [2.45, 2.75) is 84.0 Å². The SMILES string of the molecule is CCCC1(C)OC(=O)C(=CC=CC=CC2=C(O)CC3(COC4(OC3)OC(=O)C(/C=C/C=C/C=C3C(=O)OC(C)(CCC)OC3=O)C(=O)O4)CC2=O)C(=O)O1. The number of cyclic esters (lactones) is 4. The minimum Gasteiger partial charge on any atom is -0.512 e. The molecule has 1 N–H and O–H groups in total. The van der Waals surface area contributed by atoms with Crippen molar-refractivity contribution in [2.75, 3.05) is 13.2 Å². The van der Waals surface area contributed by atoms with Crippen molar-refractivity contribution >= 4 is 41.6 Å². The zero-order valence-corrected chi connectivity index (χ0v) is 30.1. The number of rotatable bonds is 10. The van der Waals surface area contributed by atoms with Crippen molar-refractivity contribution in [1.82, 2.24) is 0 Å². The first-order valence-corrected chi connectivity index (χ1v) is 17.3. The van der Waals surface area contributed by atoms with Crippen molar-refractivity contribution in [2.24, 2.45) is 11.3 Å². The van der Waals surface area contributed by atoms with Crippen LogP contribution in [0.3, 0.4) is 0 Å². The molecule has 0 unspecified atom stereocenters. The summed E-state index contributed by atoms with van der Waals surface area (Å²) < 4.78 is 42.5. The molecule has 1 aliphatic carbocycles. The van der Waals surface area contributed by atoms with E-state index in [1.165, 1.54) is 68.5 Å². The van der Waals surface area contributed by atoms with Crippen LogP contribution in [0.1, 0.15) is 66.2 Å². The summed E-state index contributed by atoms with van der Waals surface area (Å²) in [6, 6.07) is 0. The van der Waals surface area contributed by atoms with Gasteiger partial charge in [-0.1, -0.05) is 56.4 Å². The first-order valence-electron chi connectivity index (χ1n) is 17.3. The summed E-state index contributed by atoms with van der Waals surface area (Å²) in [5.41, 5.74) is -1.66. The predicted octanol–water partition coefficient (Wildman–Crippen LogP) is 3.83. The average molecular weight is 753 g/mol. The van der Waals surface area contributed by atoms with Gasteiger partial charge in [-0.05, 0) is 31.1 Å². The van der Waals surface area contributed by atoms with Crippen molar-refractivity contribution in [1.29, 1.82) is 0 Å². The summed E-state index contributed by atoms with van der Waals surface area (Å²) in [7, 11) is 0. The molecular weight excluding hydrogens is 712 g/mol. The minimum absolute atomic E-state index is 0.0222. The van der Waals surface area contributed by atoms with Crippen molar-refractivity contribution < 1.29 is 76.6 Å². The summed E-state index contributed by atoms with van der Waals surface area (Å²) in [6.45, 7) is 6.16. The van der Waals surface area contributed by atoms with Crippen LogP contribution in [-0.2, 0) is 71.5 Å². The van der Waals surface area contributed by atoms with Gasteiger partial charge in [-0.25, -0.2) is 19.2 Å². The van der Waals surface area contributed by atoms with Crippen LogP contribution < -0.4 is 0 Å². The van der Waals surface area contributed by atoms with Crippen LogP contribution in [0.4, 0.5) is 0 Å². The van der Waals surface area contributed by atoms with Crippen LogP contribution in [0.15, 0.2) is 83.2 Å². The van der Waals surface area contributed by atoms with Crippen LogP contribution in [0, 0.1) is 11.3 Å². The second-order valence-corrected chi connectivity index (χ2v) is 13.5. The lowest BCUT2D eigenvalue weighted by Crippen LogP contribution is -2.59. The molecule has 4 fully saturated rings. The number of aliphatic hydroxyl groups is 1. The van der Waals surface area contributed by atoms with Crippen molar-refractivity contribution in [3.63, 3.8) is 0 Å². The standard InChI is InChI=1S/C38H40O16/c1-5-17-35(3)49-29(41)24(30(42)50-35)14-10-7-9-13-23-27(39)19-37(20-28(23)40)21-47-38(48-22-37)53-33(45)26(34(46)54-38)16-12-8-11-15-25-31(43)51-36(4,18-6-2)52-32(25)44/h7-16,26,39H,5-6,17-22H2,1-4H3/b10-7?,11-8+,13-9?,16-12+,24-14?,25-15?. The summed E-state index contributed by atoms with van der Waals surface area (Å²) in [5.74, 6) is -10.3. The van der Waals surface area contributed by atoms with E-state index in [-0.39, 0.29) is 48.5 Å². The monoisotopic (exact) mass is 752 g/mol. The maximum atomic E-state index is 13.1. The van der Waals surface area contributed by atoms with Gasteiger partial charge in [-0.2, -0.15) is 0 Å². The molecule has 2 spiro atoms. The van der Waals surface area contributed by atoms with Gasteiger partial charge in [0.2, 0.25) is 0 Å². The molecule has 5 rings (SSSR count). The number of allylic oxidation sites excluding steroid dienone is 11. The Bertz CT molecular complexity index is 1770. The van der Waals surface area contributed by atoms with E-state index in [2.05, 4.69) is 0 Å². The number of hydrogen-bond donors (Lipinski definition) is 1. The second kappa shape index (κ2) is 15.8. The Morgan fingerprint density at radius 2 is 1.09 bits per heavy atom. The lowest BCUT2D eigenvalue weighted by atomic mass is 9.74. The molecule has 0 atom stereocenters. The molecule has 0 aromatic rings. The minimum atomic E-state index is -2.48. The third kappa shape index (κ3) is 8.77. The molecular formula is C38H40O16. The fourth-order valence-electron chi connectivity index (χ4n) is 6.19. The van der Waals surface area contributed by atoms with Gasteiger partial charge in [0.25, 0.3) is 11.6 Å².